The number of anilines is 1. The van der Waals surface area contributed by atoms with E-state index in [2.05, 4.69) is 30.7 Å². The lowest BCUT2D eigenvalue weighted by Gasteiger charge is -2.38. The van der Waals surface area contributed by atoms with Gasteiger partial charge < -0.3 is 9.88 Å². The molecule has 0 bridgehead atoms. The molecule has 1 saturated heterocycles. The molecule has 1 saturated carbocycles. The summed E-state index contributed by atoms with van der Waals surface area (Å²) in [6.07, 6.45) is 10.2. The number of aromatic nitrogens is 6. The van der Waals surface area contributed by atoms with E-state index in [1.54, 1.807) is 0 Å². The molecule has 0 radical (unpaired) electrons. The molecule has 1 aliphatic carbocycles. The second-order valence-corrected chi connectivity index (χ2v) is 8.07. The molecule has 28 heavy (non-hydrogen) atoms. The number of hydrogen-bond acceptors (Lipinski definition) is 5. The normalized spacial score (nSPS) is 18.8. The summed E-state index contributed by atoms with van der Waals surface area (Å²) in [5.74, 6) is 2.20. The first-order valence-electron chi connectivity index (χ1n) is 10.2. The second-order valence-electron chi connectivity index (χ2n) is 8.07. The largest absolute Gasteiger partial charge is 0.341 e. The van der Waals surface area contributed by atoms with Gasteiger partial charge in [-0.1, -0.05) is 31.4 Å². The monoisotopic (exact) mass is 373 g/mol. The minimum Gasteiger partial charge on any atom is -0.341 e. The van der Waals surface area contributed by atoms with Gasteiger partial charge in [-0.3, -0.25) is 0 Å². The molecular weight excluding hydrogens is 350 g/mol. The Labute approximate surface area is 162 Å². The number of para-hydroxylation sites is 2. The van der Waals surface area contributed by atoms with Crippen LogP contribution < -0.4 is 4.90 Å². The average Bonchev–Trinajstić information content (AvgIpc) is 3.31. The first-order chi connectivity index (χ1) is 13.8. The van der Waals surface area contributed by atoms with Crippen LogP contribution in [0.4, 0.5) is 5.95 Å². The van der Waals surface area contributed by atoms with Gasteiger partial charge >= 0.3 is 0 Å². The molecule has 4 heterocycles. The van der Waals surface area contributed by atoms with Gasteiger partial charge in [0.2, 0.25) is 5.95 Å². The Kier molecular flexibility index (Phi) is 3.60. The maximum atomic E-state index is 4.94. The lowest BCUT2D eigenvalue weighted by Crippen LogP contribution is -2.46. The first kappa shape index (κ1) is 16.0. The SMILES string of the molecule is c1ccc2[nH]c(N3CC(c4ncc5cnn(C6CCCCC6)c5n4)C3)nc2c1. The molecule has 4 aromatic rings. The number of fused-ring (bicyclic) bond motifs is 2. The van der Waals surface area contributed by atoms with E-state index in [0.717, 1.165) is 46.9 Å². The smallest absolute Gasteiger partial charge is 0.203 e. The quantitative estimate of drug-likeness (QED) is 0.591. The number of benzene rings is 1. The van der Waals surface area contributed by atoms with E-state index in [9.17, 15) is 0 Å². The highest BCUT2D eigenvalue weighted by Gasteiger charge is 2.32. The predicted octanol–water partition coefficient (Wildman–Crippen LogP) is 3.81. The first-order valence-corrected chi connectivity index (χ1v) is 10.2. The predicted molar refractivity (Wildman–Crippen MR) is 108 cm³/mol. The lowest BCUT2D eigenvalue weighted by atomic mass is 9.96. The van der Waals surface area contributed by atoms with Crippen molar-refractivity contribution in [2.24, 2.45) is 0 Å². The van der Waals surface area contributed by atoms with Crippen LogP contribution in [0.3, 0.4) is 0 Å². The molecule has 1 aliphatic heterocycles. The van der Waals surface area contributed by atoms with E-state index >= 15 is 0 Å². The third kappa shape index (κ3) is 2.57. The number of nitrogens with one attached hydrogen (secondary N) is 1. The molecule has 1 N–H and O–H groups in total. The van der Waals surface area contributed by atoms with Crippen molar-refractivity contribution in [2.75, 3.05) is 18.0 Å². The van der Waals surface area contributed by atoms with Crippen molar-refractivity contribution in [3.05, 3.63) is 42.5 Å². The zero-order valence-corrected chi connectivity index (χ0v) is 15.8. The van der Waals surface area contributed by atoms with Crippen molar-refractivity contribution in [1.29, 1.82) is 0 Å². The Morgan fingerprint density at radius 2 is 1.82 bits per heavy atom. The summed E-state index contributed by atoms with van der Waals surface area (Å²) in [5, 5.41) is 5.68. The third-order valence-corrected chi connectivity index (χ3v) is 6.20. The summed E-state index contributed by atoms with van der Waals surface area (Å²) < 4.78 is 2.15. The van der Waals surface area contributed by atoms with Crippen LogP contribution in [-0.2, 0) is 0 Å². The van der Waals surface area contributed by atoms with Crippen molar-refractivity contribution in [1.82, 2.24) is 29.7 Å². The van der Waals surface area contributed by atoms with Crippen LogP contribution in [0, 0.1) is 0 Å². The van der Waals surface area contributed by atoms with Gasteiger partial charge in [0, 0.05) is 19.3 Å². The Hall–Kier alpha value is -2.96. The minimum absolute atomic E-state index is 0.340. The van der Waals surface area contributed by atoms with E-state index in [-0.39, 0.29) is 0 Å². The fourth-order valence-electron chi connectivity index (χ4n) is 4.54. The van der Waals surface area contributed by atoms with Gasteiger partial charge in [-0.05, 0) is 25.0 Å². The molecule has 0 spiro atoms. The second kappa shape index (κ2) is 6.29. The number of hydrogen-bond donors (Lipinski definition) is 1. The molecule has 3 aromatic heterocycles. The van der Waals surface area contributed by atoms with Gasteiger partial charge in [0.1, 0.15) is 5.82 Å². The van der Waals surface area contributed by atoms with Crippen LogP contribution in [0.25, 0.3) is 22.1 Å². The van der Waals surface area contributed by atoms with Crippen LogP contribution >= 0.6 is 0 Å². The van der Waals surface area contributed by atoms with Crippen LogP contribution in [0.15, 0.2) is 36.7 Å². The number of imidazole rings is 1. The zero-order chi connectivity index (χ0) is 18.5. The van der Waals surface area contributed by atoms with Crippen LogP contribution in [0.1, 0.15) is 49.9 Å². The van der Waals surface area contributed by atoms with Crippen molar-refractivity contribution in [3.8, 4) is 0 Å². The van der Waals surface area contributed by atoms with Crippen molar-refractivity contribution in [3.63, 3.8) is 0 Å². The molecule has 2 aliphatic rings. The van der Waals surface area contributed by atoms with Crippen LogP contribution in [0.5, 0.6) is 0 Å². The van der Waals surface area contributed by atoms with Gasteiger partial charge in [0.05, 0.1) is 34.6 Å². The minimum atomic E-state index is 0.340. The van der Waals surface area contributed by atoms with E-state index < -0.39 is 0 Å². The van der Waals surface area contributed by atoms with Crippen molar-refractivity contribution in [2.45, 2.75) is 44.1 Å². The van der Waals surface area contributed by atoms with Gasteiger partial charge in [-0.2, -0.15) is 5.10 Å². The average molecular weight is 373 g/mol. The molecular formula is C21H23N7. The highest BCUT2D eigenvalue weighted by atomic mass is 15.3. The molecule has 7 nitrogen and oxygen atoms in total. The molecule has 6 rings (SSSR count). The fraction of sp³-hybridized carbons (Fsp3) is 0.429. The van der Waals surface area contributed by atoms with Crippen molar-refractivity contribution < 1.29 is 0 Å². The summed E-state index contributed by atoms with van der Waals surface area (Å²) in [7, 11) is 0. The Bertz CT molecular complexity index is 1100. The zero-order valence-electron chi connectivity index (χ0n) is 15.8. The van der Waals surface area contributed by atoms with E-state index in [0.29, 0.717) is 12.0 Å². The summed E-state index contributed by atoms with van der Waals surface area (Å²) >= 11 is 0. The maximum Gasteiger partial charge on any atom is 0.203 e. The molecule has 142 valence electrons. The Balaban J connectivity index is 1.24. The molecule has 7 heteroatoms. The summed E-state index contributed by atoms with van der Waals surface area (Å²) in [6, 6.07) is 8.64. The molecule has 0 atom stereocenters. The Morgan fingerprint density at radius 1 is 0.964 bits per heavy atom. The number of aromatic amines is 1. The molecule has 0 amide bonds. The third-order valence-electron chi connectivity index (χ3n) is 6.20. The number of nitrogens with zero attached hydrogens (tertiary/aromatic N) is 6. The van der Waals surface area contributed by atoms with Gasteiger partial charge in [-0.25, -0.2) is 19.6 Å². The lowest BCUT2D eigenvalue weighted by molar-refractivity contribution is 0.335. The van der Waals surface area contributed by atoms with Crippen molar-refractivity contribution >= 4 is 28.0 Å². The Morgan fingerprint density at radius 3 is 2.68 bits per heavy atom. The topological polar surface area (TPSA) is 75.5 Å². The fourth-order valence-corrected chi connectivity index (χ4v) is 4.54. The molecule has 1 aromatic carbocycles. The highest BCUT2D eigenvalue weighted by Crippen LogP contribution is 2.32. The van der Waals surface area contributed by atoms with Gasteiger partial charge in [0.25, 0.3) is 0 Å². The maximum absolute atomic E-state index is 4.94. The molecule has 2 fully saturated rings. The number of rotatable bonds is 3. The standard InChI is InChI=1S/C21H23N7/c1-2-6-16(7-3-1)28-20-14(11-23-28)10-22-19(26-20)15-12-27(13-15)21-24-17-8-4-5-9-18(17)25-21/h4-5,8-11,15-16H,1-3,6-7,12-13H2,(H,24,25). The molecule has 0 unspecified atom stereocenters. The summed E-state index contributed by atoms with van der Waals surface area (Å²) in [5.41, 5.74) is 3.09. The van der Waals surface area contributed by atoms with Gasteiger partial charge in [-0.15, -0.1) is 0 Å². The summed E-state index contributed by atoms with van der Waals surface area (Å²) in [4.78, 5) is 19.9. The van der Waals surface area contributed by atoms with E-state index in [1.165, 1.54) is 32.1 Å². The van der Waals surface area contributed by atoms with E-state index in [4.69, 9.17) is 9.97 Å². The number of H-pyrrole nitrogens is 1. The summed E-state index contributed by atoms with van der Waals surface area (Å²) in [6.45, 7) is 1.78. The van der Waals surface area contributed by atoms with Crippen LogP contribution in [0.2, 0.25) is 0 Å². The van der Waals surface area contributed by atoms with Crippen LogP contribution in [-0.4, -0.2) is 42.8 Å². The van der Waals surface area contributed by atoms with Gasteiger partial charge in [0.15, 0.2) is 5.65 Å². The highest BCUT2D eigenvalue weighted by molar-refractivity contribution is 5.77. The van der Waals surface area contributed by atoms with E-state index in [1.807, 2.05) is 30.6 Å².